The summed E-state index contributed by atoms with van der Waals surface area (Å²) in [5, 5.41) is 5.13. The van der Waals surface area contributed by atoms with Crippen LogP contribution in [0.2, 0.25) is 0 Å². The second kappa shape index (κ2) is 7.96. The zero-order valence-corrected chi connectivity index (χ0v) is 14.8. The predicted octanol–water partition coefficient (Wildman–Crippen LogP) is 3.42. The lowest BCUT2D eigenvalue weighted by atomic mass is 10.1. The monoisotopic (exact) mass is 340 g/mol. The molecule has 0 atom stereocenters. The van der Waals surface area contributed by atoms with Crippen molar-refractivity contribution in [1.82, 2.24) is 19.7 Å². The molecular formula is C19H24N4O2. The molecule has 0 aliphatic heterocycles. The van der Waals surface area contributed by atoms with Gasteiger partial charge in [0.05, 0.1) is 6.54 Å². The Balaban J connectivity index is 1.72. The molecule has 0 spiro atoms. The molecule has 2 aromatic heterocycles. The van der Waals surface area contributed by atoms with Crippen LogP contribution in [-0.2, 0) is 24.3 Å². The van der Waals surface area contributed by atoms with Crippen molar-refractivity contribution in [2.24, 2.45) is 0 Å². The molecule has 2 heterocycles. The van der Waals surface area contributed by atoms with E-state index in [1.807, 2.05) is 25.2 Å². The Labute approximate surface area is 147 Å². The van der Waals surface area contributed by atoms with Crippen molar-refractivity contribution in [2.75, 3.05) is 7.05 Å². The average molecular weight is 340 g/mol. The van der Waals surface area contributed by atoms with E-state index in [4.69, 9.17) is 4.42 Å². The fourth-order valence-electron chi connectivity index (χ4n) is 2.94. The van der Waals surface area contributed by atoms with Crippen LogP contribution in [0.3, 0.4) is 0 Å². The standard InChI is InChI=1S/C19H24N4O2/c1-3-4-8-18-16(15-7-5-6-9-17(15)25-18)12-22(2)19(24)10-11-23-14-20-13-21-23/h5-7,9,13-14H,3-4,8,10-12H2,1-2H3. The highest BCUT2D eigenvalue weighted by Gasteiger charge is 2.17. The van der Waals surface area contributed by atoms with Crippen molar-refractivity contribution >= 4 is 16.9 Å². The summed E-state index contributed by atoms with van der Waals surface area (Å²) >= 11 is 0. The molecule has 0 aliphatic carbocycles. The van der Waals surface area contributed by atoms with E-state index in [-0.39, 0.29) is 5.91 Å². The Kier molecular flexibility index (Phi) is 5.48. The summed E-state index contributed by atoms with van der Waals surface area (Å²) in [4.78, 5) is 18.1. The number of furan rings is 1. The number of unbranched alkanes of at least 4 members (excludes halogenated alkanes) is 1. The quantitative estimate of drug-likeness (QED) is 0.630. The molecule has 0 unspecified atom stereocenters. The lowest BCUT2D eigenvalue weighted by Gasteiger charge is -2.17. The number of hydrogen-bond acceptors (Lipinski definition) is 4. The Morgan fingerprint density at radius 2 is 2.16 bits per heavy atom. The van der Waals surface area contributed by atoms with Crippen LogP contribution in [0.25, 0.3) is 11.0 Å². The lowest BCUT2D eigenvalue weighted by molar-refractivity contribution is -0.130. The maximum Gasteiger partial charge on any atom is 0.224 e. The van der Waals surface area contributed by atoms with E-state index in [2.05, 4.69) is 23.1 Å². The molecule has 3 aromatic rings. The molecule has 0 N–H and O–H groups in total. The Bertz CT molecular complexity index is 823. The minimum Gasteiger partial charge on any atom is -0.461 e. The van der Waals surface area contributed by atoms with Gasteiger partial charge in [-0.1, -0.05) is 31.5 Å². The molecule has 0 aliphatic rings. The number of benzene rings is 1. The van der Waals surface area contributed by atoms with Crippen LogP contribution in [0.1, 0.15) is 37.5 Å². The highest BCUT2D eigenvalue weighted by atomic mass is 16.3. The Morgan fingerprint density at radius 1 is 1.32 bits per heavy atom. The van der Waals surface area contributed by atoms with E-state index in [1.165, 1.54) is 6.33 Å². The van der Waals surface area contributed by atoms with E-state index < -0.39 is 0 Å². The van der Waals surface area contributed by atoms with Crippen molar-refractivity contribution < 1.29 is 9.21 Å². The van der Waals surface area contributed by atoms with Gasteiger partial charge in [-0.3, -0.25) is 9.48 Å². The molecule has 25 heavy (non-hydrogen) atoms. The van der Waals surface area contributed by atoms with Crippen LogP contribution in [-0.4, -0.2) is 32.6 Å². The molecule has 132 valence electrons. The minimum absolute atomic E-state index is 0.0854. The third kappa shape index (κ3) is 4.07. The second-order valence-corrected chi connectivity index (χ2v) is 6.26. The Morgan fingerprint density at radius 3 is 2.92 bits per heavy atom. The largest absolute Gasteiger partial charge is 0.461 e. The van der Waals surface area contributed by atoms with Crippen LogP contribution >= 0.6 is 0 Å². The number of amides is 1. The number of carbonyl (C=O) groups is 1. The van der Waals surface area contributed by atoms with Gasteiger partial charge in [0.1, 0.15) is 24.0 Å². The van der Waals surface area contributed by atoms with Gasteiger partial charge in [0.25, 0.3) is 0 Å². The first-order valence-corrected chi connectivity index (χ1v) is 8.74. The molecule has 1 aromatic carbocycles. The summed E-state index contributed by atoms with van der Waals surface area (Å²) in [6.07, 6.45) is 6.60. The van der Waals surface area contributed by atoms with E-state index in [0.717, 1.165) is 41.6 Å². The summed E-state index contributed by atoms with van der Waals surface area (Å²) in [6.45, 7) is 3.27. The van der Waals surface area contributed by atoms with Gasteiger partial charge in [0.15, 0.2) is 0 Å². The molecule has 6 heteroatoms. The van der Waals surface area contributed by atoms with E-state index in [0.29, 0.717) is 19.5 Å². The maximum atomic E-state index is 12.5. The summed E-state index contributed by atoms with van der Waals surface area (Å²) in [6, 6.07) is 8.04. The summed E-state index contributed by atoms with van der Waals surface area (Å²) in [5.41, 5.74) is 2.02. The Hall–Kier alpha value is -2.63. The van der Waals surface area contributed by atoms with E-state index >= 15 is 0 Å². The summed E-state index contributed by atoms with van der Waals surface area (Å²) in [5.74, 6) is 1.08. The van der Waals surface area contributed by atoms with Gasteiger partial charge in [-0.25, -0.2) is 4.98 Å². The van der Waals surface area contributed by atoms with Gasteiger partial charge < -0.3 is 9.32 Å². The number of aryl methyl sites for hydroxylation is 2. The van der Waals surface area contributed by atoms with E-state index in [1.54, 1.807) is 15.9 Å². The fraction of sp³-hybridized carbons (Fsp3) is 0.421. The number of rotatable bonds is 8. The molecular weight excluding hydrogens is 316 g/mol. The fourth-order valence-corrected chi connectivity index (χ4v) is 2.94. The van der Waals surface area contributed by atoms with Crippen LogP contribution in [0.4, 0.5) is 0 Å². The van der Waals surface area contributed by atoms with Gasteiger partial charge in [-0.05, 0) is 12.5 Å². The van der Waals surface area contributed by atoms with Crippen molar-refractivity contribution in [1.29, 1.82) is 0 Å². The molecule has 6 nitrogen and oxygen atoms in total. The zero-order chi connectivity index (χ0) is 17.6. The van der Waals surface area contributed by atoms with Gasteiger partial charge in [0, 0.05) is 37.4 Å². The third-order valence-electron chi connectivity index (χ3n) is 4.38. The molecule has 1 amide bonds. The van der Waals surface area contributed by atoms with Crippen LogP contribution in [0.15, 0.2) is 41.3 Å². The third-order valence-corrected chi connectivity index (χ3v) is 4.38. The van der Waals surface area contributed by atoms with Gasteiger partial charge >= 0.3 is 0 Å². The zero-order valence-electron chi connectivity index (χ0n) is 14.8. The highest BCUT2D eigenvalue weighted by molar-refractivity contribution is 5.83. The first-order valence-electron chi connectivity index (χ1n) is 8.74. The predicted molar refractivity (Wildman–Crippen MR) is 95.9 cm³/mol. The second-order valence-electron chi connectivity index (χ2n) is 6.26. The summed E-state index contributed by atoms with van der Waals surface area (Å²) in [7, 11) is 1.84. The van der Waals surface area contributed by atoms with Crippen LogP contribution in [0, 0.1) is 0 Å². The van der Waals surface area contributed by atoms with Gasteiger partial charge in [-0.15, -0.1) is 0 Å². The van der Waals surface area contributed by atoms with Crippen LogP contribution in [0.5, 0.6) is 0 Å². The van der Waals surface area contributed by atoms with Gasteiger partial charge in [0.2, 0.25) is 5.91 Å². The maximum absolute atomic E-state index is 12.5. The van der Waals surface area contributed by atoms with Crippen molar-refractivity contribution in [3.05, 3.63) is 48.2 Å². The topological polar surface area (TPSA) is 64.2 Å². The molecule has 0 bridgehead atoms. The van der Waals surface area contributed by atoms with Crippen molar-refractivity contribution in [3.63, 3.8) is 0 Å². The first-order chi connectivity index (χ1) is 12.2. The van der Waals surface area contributed by atoms with Crippen molar-refractivity contribution in [3.8, 4) is 0 Å². The highest BCUT2D eigenvalue weighted by Crippen LogP contribution is 2.28. The van der Waals surface area contributed by atoms with Gasteiger partial charge in [-0.2, -0.15) is 5.10 Å². The first kappa shape index (κ1) is 17.2. The molecule has 0 saturated carbocycles. The number of carbonyl (C=O) groups excluding carboxylic acids is 1. The molecule has 3 rings (SSSR count). The molecule has 0 radical (unpaired) electrons. The number of hydrogen-bond donors (Lipinski definition) is 0. The minimum atomic E-state index is 0.0854. The summed E-state index contributed by atoms with van der Waals surface area (Å²) < 4.78 is 7.71. The average Bonchev–Trinajstić information content (AvgIpc) is 3.26. The van der Waals surface area contributed by atoms with Crippen LogP contribution < -0.4 is 0 Å². The lowest BCUT2D eigenvalue weighted by Crippen LogP contribution is -2.27. The number of nitrogens with zero attached hydrogens (tertiary/aromatic N) is 4. The molecule has 0 saturated heterocycles. The number of para-hydroxylation sites is 1. The molecule has 0 fully saturated rings. The van der Waals surface area contributed by atoms with Crippen molar-refractivity contribution in [2.45, 2.75) is 45.7 Å². The normalized spacial score (nSPS) is 11.1. The number of fused-ring (bicyclic) bond motifs is 1. The van der Waals surface area contributed by atoms with E-state index in [9.17, 15) is 4.79 Å². The number of aromatic nitrogens is 3. The smallest absolute Gasteiger partial charge is 0.224 e. The SMILES string of the molecule is CCCCc1oc2ccccc2c1CN(C)C(=O)CCn1cncn1.